The predicted octanol–water partition coefficient (Wildman–Crippen LogP) is 4.24. The molecule has 0 unspecified atom stereocenters. The number of anilines is 1. The van der Waals surface area contributed by atoms with Crippen LogP contribution < -0.4 is 10.5 Å². The van der Waals surface area contributed by atoms with Crippen molar-refractivity contribution in [2.75, 3.05) is 12.8 Å². The van der Waals surface area contributed by atoms with Gasteiger partial charge in [-0.15, -0.1) is 11.3 Å². The van der Waals surface area contributed by atoms with Gasteiger partial charge in [-0.2, -0.15) is 0 Å². The highest BCUT2D eigenvalue weighted by Gasteiger charge is 2.19. The van der Waals surface area contributed by atoms with Crippen molar-refractivity contribution in [3.05, 3.63) is 52.5 Å². The summed E-state index contributed by atoms with van der Waals surface area (Å²) in [5, 5.41) is 0.844. The Morgan fingerprint density at radius 2 is 1.87 bits per heavy atom. The summed E-state index contributed by atoms with van der Waals surface area (Å²) >= 11 is 1.35. The van der Waals surface area contributed by atoms with E-state index in [0.717, 1.165) is 15.9 Å². The highest BCUT2D eigenvalue weighted by Crippen LogP contribution is 2.35. The lowest BCUT2D eigenvalue weighted by molar-refractivity contribution is 0.104. The molecular weight excluding hydrogens is 308 g/mol. The number of aromatic nitrogens is 1. The number of nitrogen functional groups attached to an aromatic ring is 1. The number of pyridine rings is 1. The van der Waals surface area contributed by atoms with Crippen molar-refractivity contribution in [1.29, 1.82) is 0 Å². The maximum absolute atomic E-state index is 12.7. The summed E-state index contributed by atoms with van der Waals surface area (Å²) in [6.45, 7) is 4.18. The SMILES string of the molecule is COc1ccc(C(=O)c2sc3nc(C(C)C)ccc3c2N)cc1. The van der Waals surface area contributed by atoms with Crippen molar-refractivity contribution in [3.8, 4) is 5.75 Å². The molecule has 23 heavy (non-hydrogen) atoms. The van der Waals surface area contributed by atoms with Crippen molar-refractivity contribution in [2.45, 2.75) is 19.8 Å². The number of hydrogen-bond donors (Lipinski definition) is 1. The van der Waals surface area contributed by atoms with Crippen LogP contribution in [0, 0.1) is 0 Å². The number of benzene rings is 1. The van der Waals surface area contributed by atoms with Gasteiger partial charge in [-0.25, -0.2) is 4.98 Å². The molecular formula is C18H18N2O2S. The standard InChI is InChI=1S/C18H18N2O2S/c1-10(2)14-9-8-13-15(19)17(23-18(13)20-14)16(21)11-4-6-12(22-3)7-5-11/h4-10H,19H2,1-3H3. The molecule has 2 heterocycles. The van der Waals surface area contributed by atoms with Crippen LogP contribution >= 0.6 is 11.3 Å². The molecule has 0 atom stereocenters. The van der Waals surface area contributed by atoms with E-state index in [4.69, 9.17) is 10.5 Å². The molecule has 0 fully saturated rings. The molecule has 0 radical (unpaired) electrons. The van der Waals surface area contributed by atoms with Gasteiger partial charge in [0, 0.05) is 16.6 Å². The summed E-state index contributed by atoms with van der Waals surface area (Å²) < 4.78 is 5.12. The molecule has 0 saturated carbocycles. The van der Waals surface area contributed by atoms with Crippen molar-refractivity contribution in [3.63, 3.8) is 0 Å². The first-order valence-electron chi connectivity index (χ1n) is 7.39. The number of rotatable bonds is 4. The summed E-state index contributed by atoms with van der Waals surface area (Å²) in [5.74, 6) is 0.969. The lowest BCUT2D eigenvalue weighted by atomic mass is 10.1. The van der Waals surface area contributed by atoms with Crippen LogP contribution in [0.5, 0.6) is 5.75 Å². The summed E-state index contributed by atoms with van der Waals surface area (Å²) in [4.78, 5) is 18.7. The van der Waals surface area contributed by atoms with E-state index < -0.39 is 0 Å². The molecule has 0 amide bonds. The predicted molar refractivity (Wildman–Crippen MR) is 94.5 cm³/mol. The van der Waals surface area contributed by atoms with Crippen LogP contribution in [0.2, 0.25) is 0 Å². The first-order chi connectivity index (χ1) is 11.0. The third-order valence-corrected chi connectivity index (χ3v) is 4.88. The number of ether oxygens (including phenoxy) is 1. The van der Waals surface area contributed by atoms with Crippen LogP contribution in [0.1, 0.15) is 40.7 Å². The van der Waals surface area contributed by atoms with Gasteiger partial charge >= 0.3 is 0 Å². The zero-order chi connectivity index (χ0) is 16.6. The highest BCUT2D eigenvalue weighted by molar-refractivity contribution is 7.21. The van der Waals surface area contributed by atoms with Crippen LogP contribution in [0.25, 0.3) is 10.2 Å². The molecule has 0 aliphatic heterocycles. The van der Waals surface area contributed by atoms with E-state index in [-0.39, 0.29) is 5.78 Å². The second-order valence-electron chi connectivity index (χ2n) is 5.65. The smallest absolute Gasteiger partial charge is 0.205 e. The number of nitrogens with zero attached hydrogens (tertiary/aromatic N) is 1. The number of ketones is 1. The molecule has 3 rings (SSSR count). The zero-order valence-electron chi connectivity index (χ0n) is 13.3. The minimum atomic E-state index is -0.0840. The maximum Gasteiger partial charge on any atom is 0.205 e. The first-order valence-corrected chi connectivity index (χ1v) is 8.20. The van der Waals surface area contributed by atoms with Crippen LogP contribution in [0.3, 0.4) is 0 Å². The van der Waals surface area contributed by atoms with Crippen LogP contribution in [0.4, 0.5) is 5.69 Å². The topological polar surface area (TPSA) is 65.2 Å². The lowest BCUT2D eigenvalue weighted by Crippen LogP contribution is -2.02. The Morgan fingerprint density at radius 1 is 1.17 bits per heavy atom. The second kappa shape index (κ2) is 6.01. The van der Waals surface area contributed by atoms with Crippen LogP contribution in [-0.4, -0.2) is 17.9 Å². The number of methoxy groups -OCH3 is 1. The van der Waals surface area contributed by atoms with Gasteiger partial charge in [-0.3, -0.25) is 4.79 Å². The molecule has 0 bridgehead atoms. The molecule has 0 aliphatic carbocycles. The highest BCUT2D eigenvalue weighted by atomic mass is 32.1. The fraction of sp³-hybridized carbons (Fsp3) is 0.222. The van der Waals surface area contributed by atoms with Crippen molar-refractivity contribution in [2.24, 2.45) is 0 Å². The van der Waals surface area contributed by atoms with Gasteiger partial charge in [-0.05, 0) is 42.3 Å². The van der Waals surface area contributed by atoms with E-state index in [1.165, 1.54) is 11.3 Å². The third kappa shape index (κ3) is 2.80. The molecule has 0 spiro atoms. The first kappa shape index (κ1) is 15.5. The fourth-order valence-electron chi connectivity index (χ4n) is 2.38. The molecule has 0 saturated heterocycles. The van der Waals surface area contributed by atoms with Crippen molar-refractivity contribution >= 4 is 33.0 Å². The van der Waals surface area contributed by atoms with E-state index in [1.807, 2.05) is 12.1 Å². The van der Waals surface area contributed by atoms with E-state index in [0.29, 0.717) is 27.8 Å². The Hall–Kier alpha value is -2.40. The Balaban J connectivity index is 2.04. The minimum absolute atomic E-state index is 0.0840. The van der Waals surface area contributed by atoms with Gasteiger partial charge in [0.1, 0.15) is 15.5 Å². The largest absolute Gasteiger partial charge is 0.497 e. The van der Waals surface area contributed by atoms with E-state index in [2.05, 4.69) is 18.8 Å². The fourth-order valence-corrected chi connectivity index (χ4v) is 3.44. The summed E-state index contributed by atoms with van der Waals surface area (Å²) in [6, 6.07) is 11.0. The molecule has 5 heteroatoms. The van der Waals surface area contributed by atoms with Gasteiger partial charge in [0.2, 0.25) is 5.78 Å². The lowest BCUT2D eigenvalue weighted by Gasteiger charge is -2.03. The average Bonchev–Trinajstić information content (AvgIpc) is 2.90. The molecule has 4 nitrogen and oxygen atoms in total. The van der Waals surface area contributed by atoms with Gasteiger partial charge in [0.25, 0.3) is 0 Å². The summed E-state index contributed by atoms with van der Waals surface area (Å²) in [7, 11) is 1.60. The van der Waals surface area contributed by atoms with Gasteiger partial charge < -0.3 is 10.5 Å². The Labute approximate surface area is 138 Å². The molecule has 3 aromatic rings. The number of carbonyl (C=O) groups is 1. The quantitative estimate of drug-likeness (QED) is 0.728. The van der Waals surface area contributed by atoms with E-state index in [1.54, 1.807) is 31.4 Å². The molecule has 2 N–H and O–H groups in total. The Morgan fingerprint density at radius 3 is 2.48 bits per heavy atom. The maximum atomic E-state index is 12.7. The zero-order valence-corrected chi connectivity index (χ0v) is 14.1. The summed E-state index contributed by atoms with van der Waals surface area (Å²) in [6.07, 6.45) is 0. The Kier molecular flexibility index (Phi) is 4.05. The van der Waals surface area contributed by atoms with Crippen LogP contribution in [-0.2, 0) is 0 Å². The summed E-state index contributed by atoms with van der Waals surface area (Å²) in [5.41, 5.74) is 8.29. The van der Waals surface area contributed by atoms with Crippen LogP contribution in [0.15, 0.2) is 36.4 Å². The molecule has 2 aromatic heterocycles. The number of carbonyl (C=O) groups excluding carboxylic acids is 1. The Bertz CT molecular complexity index is 867. The normalized spacial score (nSPS) is 11.1. The van der Waals surface area contributed by atoms with Gasteiger partial charge in [-0.1, -0.05) is 13.8 Å². The minimum Gasteiger partial charge on any atom is -0.497 e. The number of fused-ring (bicyclic) bond motifs is 1. The van der Waals surface area contributed by atoms with E-state index in [9.17, 15) is 4.79 Å². The monoisotopic (exact) mass is 326 g/mol. The second-order valence-corrected chi connectivity index (χ2v) is 6.65. The van der Waals surface area contributed by atoms with Crippen molar-refractivity contribution < 1.29 is 9.53 Å². The number of hydrogen-bond acceptors (Lipinski definition) is 5. The third-order valence-electron chi connectivity index (χ3n) is 3.77. The molecule has 118 valence electrons. The number of nitrogens with two attached hydrogens (primary N) is 1. The molecule has 1 aromatic carbocycles. The van der Waals surface area contributed by atoms with Gasteiger partial charge in [0.15, 0.2) is 0 Å². The van der Waals surface area contributed by atoms with E-state index >= 15 is 0 Å². The number of thiophene rings is 1. The van der Waals surface area contributed by atoms with Crippen molar-refractivity contribution in [1.82, 2.24) is 4.98 Å². The average molecular weight is 326 g/mol. The van der Waals surface area contributed by atoms with Gasteiger partial charge in [0.05, 0.1) is 12.8 Å². The molecule has 0 aliphatic rings.